The van der Waals surface area contributed by atoms with E-state index >= 15 is 0 Å². The number of methoxy groups -OCH3 is 1. The molecular formula is C16H21N3O5. The molecule has 24 heavy (non-hydrogen) atoms. The molecule has 0 atom stereocenters. The number of nitrogens with one attached hydrogen (secondary N) is 1. The average molecular weight is 335 g/mol. The summed E-state index contributed by atoms with van der Waals surface area (Å²) in [5.41, 5.74) is 0.429. The van der Waals surface area contributed by atoms with Crippen molar-refractivity contribution in [2.45, 2.75) is 38.8 Å². The van der Waals surface area contributed by atoms with E-state index in [1.807, 2.05) is 0 Å². The smallest absolute Gasteiger partial charge is 0.325 e. The van der Waals surface area contributed by atoms with Crippen molar-refractivity contribution in [2.75, 3.05) is 19.0 Å². The molecule has 0 aromatic heterocycles. The Kier molecular flexibility index (Phi) is 5.38. The number of carbonyl (C=O) groups excluding carboxylic acids is 2. The highest BCUT2D eigenvalue weighted by Crippen LogP contribution is 2.31. The summed E-state index contributed by atoms with van der Waals surface area (Å²) < 4.78 is 4.60. The summed E-state index contributed by atoms with van der Waals surface area (Å²) in [5.74, 6) is -0.991. The molecule has 1 saturated carbocycles. The standard InChI is InChI=1S/C16H21N3O5/c1-10(2)18(9-15(20)24-3)16(21)11-4-7-13(17-12-5-6-12)14(8-11)19(22)23/h4,7-8,10,12,17H,5-6,9H2,1-3H3. The van der Waals surface area contributed by atoms with Crippen LogP contribution in [0.5, 0.6) is 0 Å². The summed E-state index contributed by atoms with van der Waals surface area (Å²) in [7, 11) is 1.24. The first-order valence-corrected chi connectivity index (χ1v) is 7.76. The Balaban J connectivity index is 2.28. The van der Waals surface area contributed by atoms with Crippen LogP contribution in [0.1, 0.15) is 37.0 Å². The zero-order valence-electron chi connectivity index (χ0n) is 13.9. The van der Waals surface area contributed by atoms with Crippen LogP contribution in [0.3, 0.4) is 0 Å². The molecule has 1 fully saturated rings. The molecule has 1 aromatic carbocycles. The summed E-state index contributed by atoms with van der Waals surface area (Å²) >= 11 is 0. The van der Waals surface area contributed by atoms with Crippen LogP contribution < -0.4 is 5.32 Å². The normalized spacial score (nSPS) is 13.5. The van der Waals surface area contributed by atoms with E-state index in [1.54, 1.807) is 19.9 Å². The molecule has 2 rings (SSSR count). The van der Waals surface area contributed by atoms with Crippen molar-refractivity contribution < 1.29 is 19.2 Å². The Bertz CT molecular complexity index is 655. The minimum atomic E-state index is -0.543. The first-order valence-electron chi connectivity index (χ1n) is 7.76. The second kappa shape index (κ2) is 7.29. The molecule has 0 radical (unpaired) electrons. The minimum Gasteiger partial charge on any atom is -0.468 e. The lowest BCUT2D eigenvalue weighted by atomic mass is 10.1. The fourth-order valence-corrected chi connectivity index (χ4v) is 2.24. The first kappa shape index (κ1) is 17.7. The van der Waals surface area contributed by atoms with Gasteiger partial charge in [-0.05, 0) is 38.8 Å². The molecule has 0 spiro atoms. The highest BCUT2D eigenvalue weighted by atomic mass is 16.6. The average Bonchev–Trinajstić information content (AvgIpc) is 3.35. The van der Waals surface area contributed by atoms with E-state index in [9.17, 15) is 19.7 Å². The van der Waals surface area contributed by atoms with Gasteiger partial charge < -0.3 is 15.0 Å². The lowest BCUT2D eigenvalue weighted by molar-refractivity contribution is -0.384. The van der Waals surface area contributed by atoms with Crippen molar-refractivity contribution in [3.63, 3.8) is 0 Å². The Morgan fingerprint density at radius 2 is 2.08 bits per heavy atom. The van der Waals surface area contributed by atoms with Gasteiger partial charge in [-0.3, -0.25) is 19.7 Å². The van der Waals surface area contributed by atoms with Gasteiger partial charge in [0.2, 0.25) is 0 Å². The van der Waals surface area contributed by atoms with Crippen molar-refractivity contribution >= 4 is 23.3 Å². The molecule has 1 N–H and O–H groups in total. The van der Waals surface area contributed by atoms with Gasteiger partial charge in [-0.2, -0.15) is 0 Å². The molecule has 0 aliphatic heterocycles. The van der Waals surface area contributed by atoms with Crippen molar-refractivity contribution in [1.82, 2.24) is 4.90 Å². The van der Waals surface area contributed by atoms with Gasteiger partial charge in [0.1, 0.15) is 12.2 Å². The number of ether oxygens (including phenoxy) is 1. The van der Waals surface area contributed by atoms with Crippen LogP contribution in [-0.4, -0.2) is 47.4 Å². The predicted octanol–water partition coefficient (Wildman–Crippen LogP) is 2.19. The highest BCUT2D eigenvalue weighted by molar-refractivity contribution is 5.97. The maximum Gasteiger partial charge on any atom is 0.325 e. The van der Waals surface area contributed by atoms with Crippen molar-refractivity contribution in [2.24, 2.45) is 0 Å². The van der Waals surface area contributed by atoms with Crippen LogP contribution in [0.25, 0.3) is 0 Å². The van der Waals surface area contributed by atoms with Gasteiger partial charge in [0, 0.05) is 23.7 Å². The quantitative estimate of drug-likeness (QED) is 0.465. The number of carbonyl (C=O) groups is 2. The van der Waals surface area contributed by atoms with Gasteiger partial charge in [0.05, 0.1) is 12.0 Å². The number of rotatable bonds is 7. The van der Waals surface area contributed by atoms with Crippen LogP contribution >= 0.6 is 0 Å². The van der Waals surface area contributed by atoms with E-state index in [-0.39, 0.29) is 29.9 Å². The van der Waals surface area contributed by atoms with Gasteiger partial charge >= 0.3 is 5.97 Å². The Morgan fingerprint density at radius 3 is 2.58 bits per heavy atom. The molecule has 1 amide bonds. The number of hydrogen-bond acceptors (Lipinski definition) is 6. The van der Waals surface area contributed by atoms with Gasteiger partial charge in [-0.1, -0.05) is 0 Å². The Labute approximate surface area is 139 Å². The van der Waals surface area contributed by atoms with Crippen molar-refractivity contribution in [3.8, 4) is 0 Å². The number of nitro groups is 1. The number of anilines is 1. The third kappa shape index (κ3) is 4.21. The van der Waals surface area contributed by atoms with Crippen LogP contribution in [0, 0.1) is 10.1 Å². The number of nitrogens with zero attached hydrogens (tertiary/aromatic N) is 2. The van der Waals surface area contributed by atoms with Crippen molar-refractivity contribution in [1.29, 1.82) is 0 Å². The Morgan fingerprint density at radius 1 is 1.42 bits per heavy atom. The highest BCUT2D eigenvalue weighted by Gasteiger charge is 2.27. The largest absolute Gasteiger partial charge is 0.468 e. The van der Waals surface area contributed by atoms with E-state index in [4.69, 9.17) is 0 Å². The number of hydrogen-bond donors (Lipinski definition) is 1. The van der Waals surface area contributed by atoms with E-state index in [2.05, 4.69) is 10.1 Å². The summed E-state index contributed by atoms with van der Waals surface area (Å²) in [6, 6.07) is 4.34. The summed E-state index contributed by atoms with van der Waals surface area (Å²) in [4.78, 5) is 36.2. The van der Waals surface area contributed by atoms with Crippen LogP contribution in [0.4, 0.5) is 11.4 Å². The molecule has 8 heteroatoms. The van der Waals surface area contributed by atoms with Crippen molar-refractivity contribution in [3.05, 3.63) is 33.9 Å². The molecule has 1 aliphatic carbocycles. The molecule has 0 saturated heterocycles. The van der Waals surface area contributed by atoms with E-state index < -0.39 is 16.8 Å². The van der Waals surface area contributed by atoms with Gasteiger partial charge in [0.15, 0.2) is 0 Å². The van der Waals surface area contributed by atoms with Gasteiger partial charge in [0.25, 0.3) is 11.6 Å². The third-order valence-corrected chi connectivity index (χ3v) is 3.79. The summed E-state index contributed by atoms with van der Waals surface area (Å²) in [5, 5.41) is 14.4. The predicted molar refractivity (Wildman–Crippen MR) is 87.9 cm³/mol. The van der Waals surface area contributed by atoms with Crippen LogP contribution in [-0.2, 0) is 9.53 Å². The van der Waals surface area contributed by atoms with Gasteiger partial charge in [-0.15, -0.1) is 0 Å². The van der Waals surface area contributed by atoms with E-state index in [1.165, 1.54) is 24.1 Å². The zero-order chi connectivity index (χ0) is 17.9. The second-order valence-electron chi connectivity index (χ2n) is 6.01. The second-order valence-corrected chi connectivity index (χ2v) is 6.01. The fourth-order valence-electron chi connectivity index (χ4n) is 2.24. The third-order valence-electron chi connectivity index (χ3n) is 3.79. The monoisotopic (exact) mass is 335 g/mol. The molecule has 1 aromatic rings. The van der Waals surface area contributed by atoms with E-state index in [0.717, 1.165) is 12.8 Å². The first-order chi connectivity index (χ1) is 11.3. The zero-order valence-corrected chi connectivity index (χ0v) is 13.9. The van der Waals surface area contributed by atoms with Crippen LogP contribution in [0.15, 0.2) is 18.2 Å². The Hall–Kier alpha value is -2.64. The van der Waals surface area contributed by atoms with Crippen LogP contribution in [0.2, 0.25) is 0 Å². The summed E-state index contributed by atoms with van der Waals surface area (Å²) in [6.45, 7) is 3.32. The SMILES string of the molecule is COC(=O)CN(C(=O)c1ccc(NC2CC2)c([N+](=O)[O-])c1)C(C)C. The molecule has 130 valence electrons. The molecule has 8 nitrogen and oxygen atoms in total. The lowest BCUT2D eigenvalue weighted by Gasteiger charge is -2.25. The number of amides is 1. The molecule has 1 aliphatic rings. The summed E-state index contributed by atoms with van der Waals surface area (Å²) in [6.07, 6.45) is 1.97. The molecular weight excluding hydrogens is 314 g/mol. The number of benzene rings is 1. The van der Waals surface area contributed by atoms with E-state index in [0.29, 0.717) is 5.69 Å². The number of esters is 1. The molecule has 0 unspecified atom stereocenters. The maximum absolute atomic E-state index is 12.6. The minimum absolute atomic E-state index is 0.144. The maximum atomic E-state index is 12.6. The lowest BCUT2D eigenvalue weighted by Crippen LogP contribution is -2.41. The number of nitro benzene ring substituents is 1. The molecule has 0 heterocycles. The fraction of sp³-hybridized carbons (Fsp3) is 0.500. The molecule has 0 bridgehead atoms. The topological polar surface area (TPSA) is 102 Å². The van der Waals surface area contributed by atoms with Gasteiger partial charge in [-0.25, -0.2) is 0 Å².